The third kappa shape index (κ3) is 69.6. The summed E-state index contributed by atoms with van der Waals surface area (Å²) >= 11 is 0. The summed E-state index contributed by atoms with van der Waals surface area (Å²) in [6.45, 7) is 4.99. The van der Waals surface area contributed by atoms with Gasteiger partial charge in [0.15, 0.2) is 0 Å². The lowest BCUT2D eigenvalue weighted by Gasteiger charge is -2.22. The van der Waals surface area contributed by atoms with Gasteiger partial charge in [-0.05, 0) is 51.4 Å². The first-order valence-corrected chi connectivity index (χ1v) is 38.4. The number of ether oxygens (including phenoxy) is 1. The largest absolute Gasteiger partial charge is 0.466 e. The van der Waals surface area contributed by atoms with Crippen LogP contribution in [0.1, 0.15) is 444 Å². The highest BCUT2D eigenvalue weighted by atomic mass is 16.5. The van der Waals surface area contributed by atoms with Gasteiger partial charge in [0.1, 0.15) is 0 Å². The van der Waals surface area contributed by atoms with Crippen LogP contribution in [0.3, 0.4) is 0 Å². The molecular weight excluding hydrogens is 1020 g/mol. The van der Waals surface area contributed by atoms with E-state index in [9.17, 15) is 19.8 Å². The zero-order valence-electron chi connectivity index (χ0n) is 56.7. The molecular formula is C77H151NO5. The van der Waals surface area contributed by atoms with Crippen LogP contribution in [0.2, 0.25) is 0 Å². The molecule has 83 heavy (non-hydrogen) atoms. The first-order valence-electron chi connectivity index (χ1n) is 38.4. The predicted molar refractivity (Wildman–Crippen MR) is 366 cm³/mol. The van der Waals surface area contributed by atoms with Crippen molar-refractivity contribution < 1.29 is 24.5 Å². The molecule has 0 rings (SSSR count). The third-order valence-corrected chi connectivity index (χ3v) is 18.3. The van der Waals surface area contributed by atoms with Gasteiger partial charge in [0.05, 0.1) is 25.4 Å². The molecule has 0 radical (unpaired) electrons. The van der Waals surface area contributed by atoms with Crippen molar-refractivity contribution in [2.45, 2.75) is 456 Å². The van der Waals surface area contributed by atoms with Crippen LogP contribution >= 0.6 is 0 Å². The summed E-state index contributed by atoms with van der Waals surface area (Å²) in [6, 6.07) is -0.539. The summed E-state index contributed by atoms with van der Waals surface area (Å²) in [5.41, 5.74) is 0. The summed E-state index contributed by atoms with van der Waals surface area (Å²) in [6.07, 6.45) is 91.5. The average Bonchev–Trinajstić information content (AvgIpc) is 3.49. The van der Waals surface area contributed by atoms with E-state index in [-0.39, 0.29) is 18.5 Å². The Kier molecular flexibility index (Phi) is 71.8. The Bertz CT molecular complexity index is 1260. The number of unbranched alkanes of at least 4 members (excludes halogenated alkanes) is 60. The molecule has 0 spiro atoms. The van der Waals surface area contributed by atoms with E-state index in [1.54, 1.807) is 0 Å². The number of allylic oxidation sites excluding steroid dienone is 2. The van der Waals surface area contributed by atoms with E-state index in [1.807, 2.05) is 0 Å². The Morgan fingerprint density at radius 3 is 0.867 bits per heavy atom. The van der Waals surface area contributed by atoms with Crippen molar-refractivity contribution in [3.63, 3.8) is 0 Å². The van der Waals surface area contributed by atoms with Crippen LogP contribution in [0.25, 0.3) is 0 Å². The number of hydrogen-bond donors (Lipinski definition) is 3. The van der Waals surface area contributed by atoms with E-state index < -0.39 is 12.1 Å². The maximum absolute atomic E-state index is 12.6. The molecule has 3 N–H and O–H groups in total. The smallest absolute Gasteiger partial charge is 0.305 e. The summed E-state index contributed by atoms with van der Waals surface area (Å²) in [4.78, 5) is 24.6. The Morgan fingerprint density at radius 2 is 0.566 bits per heavy atom. The van der Waals surface area contributed by atoms with Crippen molar-refractivity contribution in [3.8, 4) is 0 Å². The summed E-state index contributed by atoms with van der Waals surface area (Å²) in [5.74, 6) is -0.0126. The van der Waals surface area contributed by atoms with Gasteiger partial charge in [0, 0.05) is 12.8 Å². The van der Waals surface area contributed by atoms with Gasteiger partial charge in [-0.3, -0.25) is 9.59 Å². The van der Waals surface area contributed by atoms with Crippen LogP contribution in [0.4, 0.5) is 0 Å². The van der Waals surface area contributed by atoms with Gasteiger partial charge in [-0.1, -0.05) is 392 Å². The van der Waals surface area contributed by atoms with E-state index in [0.717, 1.165) is 44.9 Å². The molecule has 6 heteroatoms. The number of aliphatic hydroxyl groups is 2. The molecule has 0 aromatic heterocycles. The highest BCUT2D eigenvalue weighted by molar-refractivity contribution is 5.76. The third-order valence-electron chi connectivity index (χ3n) is 18.3. The minimum Gasteiger partial charge on any atom is -0.466 e. The Balaban J connectivity index is 3.33. The molecule has 0 aliphatic carbocycles. The van der Waals surface area contributed by atoms with Crippen molar-refractivity contribution in [1.82, 2.24) is 5.32 Å². The van der Waals surface area contributed by atoms with Gasteiger partial charge >= 0.3 is 5.97 Å². The Morgan fingerprint density at radius 1 is 0.325 bits per heavy atom. The quantitative estimate of drug-likeness (QED) is 0.0320. The Labute approximate surface area is 520 Å². The molecule has 0 saturated heterocycles. The number of carbonyl (C=O) groups excluding carboxylic acids is 2. The van der Waals surface area contributed by atoms with E-state index in [0.29, 0.717) is 25.9 Å². The monoisotopic (exact) mass is 1170 g/mol. The van der Waals surface area contributed by atoms with Crippen LogP contribution in [0.5, 0.6) is 0 Å². The molecule has 0 aliphatic rings. The van der Waals surface area contributed by atoms with Gasteiger partial charge in [0.25, 0.3) is 0 Å². The van der Waals surface area contributed by atoms with Crippen LogP contribution in [-0.2, 0) is 14.3 Å². The van der Waals surface area contributed by atoms with Crippen molar-refractivity contribution >= 4 is 11.9 Å². The van der Waals surface area contributed by atoms with E-state index >= 15 is 0 Å². The zero-order chi connectivity index (χ0) is 59.9. The predicted octanol–water partition coefficient (Wildman–Crippen LogP) is 25.1. The number of carbonyl (C=O) groups is 2. The second kappa shape index (κ2) is 73.1. The lowest BCUT2D eigenvalue weighted by atomic mass is 10.0. The number of hydrogen-bond acceptors (Lipinski definition) is 5. The molecule has 0 bridgehead atoms. The van der Waals surface area contributed by atoms with Crippen molar-refractivity contribution in [1.29, 1.82) is 0 Å². The van der Waals surface area contributed by atoms with E-state index in [1.165, 1.54) is 366 Å². The molecule has 2 unspecified atom stereocenters. The molecule has 494 valence electrons. The summed E-state index contributed by atoms with van der Waals surface area (Å²) < 4.78 is 5.49. The summed E-state index contributed by atoms with van der Waals surface area (Å²) in [7, 11) is 0. The van der Waals surface area contributed by atoms with Gasteiger partial charge in [0.2, 0.25) is 5.91 Å². The van der Waals surface area contributed by atoms with Crippen molar-refractivity contribution in [2.24, 2.45) is 0 Å². The fourth-order valence-electron chi connectivity index (χ4n) is 12.5. The zero-order valence-corrected chi connectivity index (χ0v) is 56.7. The van der Waals surface area contributed by atoms with Crippen LogP contribution in [0.15, 0.2) is 12.2 Å². The molecule has 0 saturated carbocycles. The lowest BCUT2D eigenvalue weighted by molar-refractivity contribution is -0.143. The average molecular weight is 1170 g/mol. The maximum Gasteiger partial charge on any atom is 0.305 e. The van der Waals surface area contributed by atoms with Crippen molar-refractivity contribution in [2.75, 3.05) is 13.2 Å². The molecule has 2 atom stereocenters. The number of nitrogens with one attached hydrogen (secondary N) is 1. The van der Waals surface area contributed by atoms with Crippen LogP contribution in [-0.4, -0.2) is 47.4 Å². The minimum absolute atomic E-state index is 0.0125. The van der Waals surface area contributed by atoms with E-state index in [2.05, 4.69) is 31.3 Å². The summed E-state index contributed by atoms with van der Waals surface area (Å²) in [5, 5.41) is 23.5. The molecule has 6 nitrogen and oxygen atoms in total. The standard InChI is InChI=1S/C77H151NO5/c1-3-5-7-9-11-13-15-17-18-19-20-21-33-36-39-42-46-49-53-57-61-65-69-75(80)74(73-79)78-76(81)70-66-62-58-54-50-47-43-40-37-34-31-29-27-25-23-22-24-26-28-30-32-35-38-41-44-48-52-56-60-64-68-72-83-77(82)71-67-63-59-55-51-45-16-14-12-10-8-6-4-2/h14,16,74-75,79-80H,3-13,15,17-73H2,1-2H3,(H,78,81)/b16-14-. The van der Waals surface area contributed by atoms with Gasteiger partial charge in [-0.2, -0.15) is 0 Å². The van der Waals surface area contributed by atoms with E-state index in [4.69, 9.17) is 4.74 Å². The van der Waals surface area contributed by atoms with Gasteiger partial charge in [-0.15, -0.1) is 0 Å². The first kappa shape index (κ1) is 81.6. The highest BCUT2D eigenvalue weighted by Gasteiger charge is 2.20. The second-order valence-electron chi connectivity index (χ2n) is 26.7. The fraction of sp³-hybridized carbons (Fsp3) is 0.948. The molecule has 0 heterocycles. The molecule has 1 amide bonds. The second-order valence-corrected chi connectivity index (χ2v) is 26.7. The van der Waals surface area contributed by atoms with Crippen molar-refractivity contribution in [3.05, 3.63) is 12.2 Å². The molecule has 0 aromatic rings. The minimum atomic E-state index is -0.662. The highest BCUT2D eigenvalue weighted by Crippen LogP contribution is 2.20. The Hall–Kier alpha value is -1.40. The molecule has 0 aliphatic heterocycles. The van der Waals surface area contributed by atoms with Gasteiger partial charge < -0.3 is 20.3 Å². The van der Waals surface area contributed by atoms with Crippen LogP contribution < -0.4 is 5.32 Å². The fourth-order valence-corrected chi connectivity index (χ4v) is 12.5. The number of esters is 1. The molecule has 0 fully saturated rings. The maximum atomic E-state index is 12.6. The molecule has 0 aromatic carbocycles. The normalized spacial score (nSPS) is 12.5. The first-order chi connectivity index (χ1) is 41.0. The number of aliphatic hydroxyl groups excluding tert-OH is 2. The number of amides is 1. The topological polar surface area (TPSA) is 95.9 Å². The SMILES string of the molecule is CCCCCC/C=C\CCCCCCCC(=O)OCCCCCCCCCCCCCCCCCCCCCCCCCCCCCCCCCC(=O)NC(CO)C(O)CCCCCCCCCCCCCCCCCCCCCCCC. The van der Waals surface area contributed by atoms with Gasteiger partial charge in [-0.25, -0.2) is 0 Å². The lowest BCUT2D eigenvalue weighted by Crippen LogP contribution is -2.45. The van der Waals surface area contributed by atoms with Crippen LogP contribution in [0, 0.1) is 0 Å². The number of rotatable bonds is 73.